The van der Waals surface area contributed by atoms with Crippen molar-refractivity contribution in [3.05, 3.63) is 0 Å². The van der Waals surface area contributed by atoms with Crippen molar-refractivity contribution in [1.82, 2.24) is 0 Å². The molecule has 2 fully saturated rings. The van der Waals surface area contributed by atoms with Crippen LogP contribution in [0.25, 0.3) is 0 Å². The smallest absolute Gasteiger partial charge is 0.171 e. The van der Waals surface area contributed by atoms with Crippen LogP contribution in [-0.4, -0.2) is 18.4 Å². The highest BCUT2D eigenvalue weighted by atomic mass is 31.2. The molecule has 3 heteroatoms. The van der Waals surface area contributed by atoms with Gasteiger partial charge in [0.25, 0.3) is 0 Å². The average molecular weight is 230 g/mol. The monoisotopic (exact) mass is 230 g/mol. The van der Waals surface area contributed by atoms with Crippen LogP contribution in [0.2, 0.25) is 0 Å². The first-order valence-corrected chi connectivity index (χ1v) is 7.86. The minimum absolute atomic E-state index is 0.535. The molecule has 2 rings (SSSR count). The van der Waals surface area contributed by atoms with Crippen LogP contribution < -0.4 is 0 Å². The molecule has 2 aliphatic rings. The van der Waals surface area contributed by atoms with Crippen molar-refractivity contribution in [1.29, 1.82) is 0 Å². The third-order valence-corrected chi connectivity index (χ3v) is 5.08. The Balaban J connectivity index is 1.67. The maximum atomic E-state index is 6.04. The third kappa shape index (κ3) is 3.69. The third-order valence-electron chi connectivity index (χ3n) is 3.33. The van der Waals surface area contributed by atoms with Gasteiger partial charge in [-0.3, -0.25) is 0 Å². The Bertz CT molecular complexity index is 162. The summed E-state index contributed by atoms with van der Waals surface area (Å²) >= 11 is 0. The van der Waals surface area contributed by atoms with Gasteiger partial charge in [-0.05, 0) is 44.9 Å². The predicted molar refractivity (Wildman–Crippen MR) is 64.1 cm³/mol. The van der Waals surface area contributed by atoms with Crippen LogP contribution in [0.3, 0.4) is 0 Å². The minimum Gasteiger partial charge on any atom is -0.331 e. The molecule has 0 aliphatic heterocycles. The van der Waals surface area contributed by atoms with E-state index in [1.807, 2.05) is 0 Å². The highest BCUT2D eigenvalue weighted by Crippen LogP contribution is 2.47. The summed E-state index contributed by atoms with van der Waals surface area (Å²) in [5.74, 6) is 0. The van der Waals surface area contributed by atoms with Crippen molar-refractivity contribution in [2.45, 2.75) is 70.5 Å². The summed E-state index contributed by atoms with van der Waals surface area (Å²) in [5.41, 5.74) is 0. The molecule has 2 saturated carbocycles. The van der Waals surface area contributed by atoms with E-state index in [9.17, 15) is 0 Å². The van der Waals surface area contributed by atoms with E-state index in [0.717, 1.165) is 6.16 Å². The van der Waals surface area contributed by atoms with Gasteiger partial charge in [0.05, 0.1) is 12.2 Å². The van der Waals surface area contributed by atoms with Gasteiger partial charge >= 0.3 is 0 Å². The molecule has 2 nitrogen and oxygen atoms in total. The van der Waals surface area contributed by atoms with E-state index >= 15 is 0 Å². The normalized spacial score (nSPS) is 22.8. The summed E-state index contributed by atoms with van der Waals surface area (Å²) in [6.07, 6.45) is 12.5. The lowest BCUT2D eigenvalue weighted by Crippen LogP contribution is -2.24. The van der Waals surface area contributed by atoms with Crippen molar-refractivity contribution < 1.29 is 9.05 Å². The van der Waals surface area contributed by atoms with Crippen LogP contribution >= 0.6 is 8.38 Å². The van der Waals surface area contributed by atoms with Gasteiger partial charge < -0.3 is 9.05 Å². The molecule has 0 spiro atoms. The lowest BCUT2D eigenvalue weighted by atomic mass is 9.97. The Kier molecular flexibility index (Phi) is 4.87. The summed E-state index contributed by atoms with van der Waals surface area (Å²) < 4.78 is 12.1. The first-order chi connectivity index (χ1) is 7.38. The first kappa shape index (κ1) is 11.8. The number of hydrogen-bond acceptors (Lipinski definition) is 2. The maximum absolute atomic E-state index is 6.04. The molecular weight excluding hydrogens is 207 g/mol. The molecule has 88 valence electrons. The van der Waals surface area contributed by atoms with E-state index in [-0.39, 0.29) is 0 Å². The molecule has 0 heterocycles. The van der Waals surface area contributed by atoms with Crippen LogP contribution in [0.1, 0.15) is 58.3 Å². The molecule has 0 atom stereocenters. The van der Waals surface area contributed by atoms with Gasteiger partial charge in [-0.2, -0.15) is 0 Å². The van der Waals surface area contributed by atoms with E-state index in [2.05, 4.69) is 6.92 Å². The molecule has 0 unspecified atom stereocenters. The Morgan fingerprint density at radius 1 is 1.00 bits per heavy atom. The minimum atomic E-state index is -0.555. The largest absolute Gasteiger partial charge is 0.331 e. The summed E-state index contributed by atoms with van der Waals surface area (Å²) in [5, 5.41) is 0. The number of rotatable bonds is 7. The molecule has 0 N–H and O–H groups in total. The molecular formula is C12H23O2P. The Morgan fingerprint density at radius 2 is 1.53 bits per heavy atom. The molecule has 0 bridgehead atoms. The predicted octanol–water partition coefficient (Wildman–Crippen LogP) is 4.24. The average Bonchev–Trinajstić information content (AvgIpc) is 2.11. The fraction of sp³-hybridized carbons (Fsp3) is 1.00. The Hall–Kier alpha value is 0.350. The highest BCUT2D eigenvalue weighted by Gasteiger charge is 2.27. The van der Waals surface area contributed by atoms with E-state index in [1.165, 1.54) is 51.4 Å². The van der Waals surface area contributed by atoms with Crippen LogP contribution in [-0.2, 0) is 9.05 Å². The SMILES string of the molecule is CCCCP(OC1CCC1)OC1CCC1. The van der Waals surface area contributed by atoms with Crippen LogP contribution in [0.15, 0.2) is 0 Å². The lowest BCUT2D eigenvalue weighted by molar-refractivity contribution is 0.0702. The quantitative estimate of drug-likeness (QED) is 0.609. The van der Waals surface area contributed by atoms with Crippen LogP contribution in [0, 0.1) is 0 Å². The lowest BCUT2D eigenvalue weighted by Gasteiger charge is -2.34. The zero-order chi connectivity index (χ0) is 10.5. The van der Waals surface area contributed by atoms with Gasteiger partial charge in [0.2, 0.25) is 0 Å². The number of unbranched alkanes of at least 4 members (excludes halogenated alkanes) is 1. The van der Waals surface area contributed by atoms with Gasteiger partial charge in [0.15, 0.2) is 8.38 Å². The maximum Gasteiger partial charge on any atom is 0.171 e. The second kappa shape index (κ2) is 6.18. The summed E-state index contributed by atoms with van der Waals surface area (Å²) in [7, 11) is -0.555. The molecule has 0 aromatic rings. The molecule has 2 aliphatic carbocycles. The zero-order valence-corrected chi connectivity index (χ0v) is 10.7. The van der Waals surface area contributed by atoms with E-state index in [0.29, 0.717) is 12.2 Å². The summed E-state index contributed by atoms with van der Waals surface area (Å²) in [6.45, 7) is 2.24. The fourth-order valence-corrected chi connectivity index (χ4v) is 3.62. The van der Waals surface area contributed by atoms with Crippen LogP contribution in [0.4, 0.5) is 0 Å². The van der Waals surface area contributed by atoms with Gasteiger partial charge in [-0.1, -0.05) is 13.3 Å². The summed E-state index contributed by atoms with van der Waals surface area (Å²) in [6, 6.07) is 0. The first-order valence-electron chi connectivity index (χ1n) is 6.49. The number of hydrogen-bond donors (Lipinski definition) is 0. The molecule has 0 saturated heterocycles. The van der Waals surface area contributed by atoms with Crippen molar-refractivity contribution in [3.8, 4) is 0 Å². The molecule has 0 aromatic heterocycles. The highest BCUT2D eigenvalue weighted by molar-refractivity contribution is 7.47. The van der Waals surface area contributed by atoms with Crippen molar-refractivity contribution >= 4 is 8.38 Å². The van der Waals surface area contributed by atoms with E-state index < -0.39 is 8.38 Å². The van der Waals surface area contributed by atoms with Gasteiger partial charge in [0, 0.05) is 6.16 Å². The van der Waals surface area contributed by atoms with Gasteiger partial charge in [-0.25, -0.2) is 0 Å². The van der Waals surface area contributed by atoms with E-state index in [1.54, 1.807) is 0 Å². The van der Waals surface area contributed by atoms with Crippen molar-refractivity contribution in [2.24, 2.45) is 0 Å². The van der Waals surface area contributed by atoms with Crippen molar-refractivity contribution in [3.63, 3.8) is 0 Å². The Labute approximate surface area is 94.6 Å². The van der Waals surface area contributed by atoms with Crippen LogP contribution in [0.5, 0.6) is 0 Å². The van der Waals surface area contributed by atoms with E-state index in [4.69, 9.17) is 9.05 Å². The topological polar surface area (TPSA) is 18.5 Å². The second-order valence-electron chi connectivity index (χ2n) is 4.73. The zero-order valence-electron chi connectivity index (χ0n) is 9.78. The Morgan fingerprint density at radius 3 is 1.87 bits per heavy atom. The van der Waals surface area contributed by atoms with Gasteiger partial charge in [0.1, 0.15) is 0 Å². The fourth-order valence-electron chi connectivity index (χ4n) is 1.70. The second-order valence-corrected chi connectivity index (χ2v) is 6.26. The van der Waals surface area contributed by atoms with Gasteiger partial charge in [-0.15, -0.1) is 0 Å². The molecule has 0 aromatic carbocycles. The molecule has 15 heavy (non-hydrogen) atoms. The molecule has 0 amide bonds. The van der Waals surface area contributed by atoms with Crippen molar-refractivity contribution in [2.75, 3.05) is 6.16 Å². The summed E-state index contributed by atoms with van der Waals surface area (Å²) in [4.78, 5) is 0. The molecule has 0 radical (unpaired) electrons. The standard InChI is InChI=1S/C12H23O2P/c1-2-3-10-15(13-11-6-4-7-11)14-12-8-5-9-12/h11-12H,2-10H2,1H3.